The number of nitrogens with one attached hydrogen (secondary N) is 1. The standard InChI is InChI=1S/C14H20N4O2/c1-14(20)9-18(10-14)13(19)16-11-5-4-6-15-12(11)17-7-2-3-8-17/h4-6,20H,2-3,7-10H2,1H3,(H,16,19). The van der Waals surface area contributed by atoms with Gasteiger partial charge in [0.1, 0.15) is 0 Å². The van der Waals surface area contributed by atoms with Gasteiger partial charge in [0, 0.05) is 19.3 Å². The summed E-state index contributed by atoms with van der Waals surface area (Å²) in [6.07, 6.45) is 4.08. The zero-order chi connectivity index (χ0) is 14.2. The zero-order valence-electron chi connectivity index (χ0n) is 11.7. The Hall–Kier alpha value is -1.82. The fraction of sp³-hybridized carbons (Fsp3) is 0.571. The average Bonchev–Trinajstić information content (AvgIpc) is 2.90. The summed E-state index contributed by atoms with van der Waals surface area (Å²) in [5, 5.41) is 12.6. The Morgan fingerprint density at radius 2 is 2.10 bits per heavy atom. The van der Waals surface area contributed by atoms with Crippen molar-refractivity contribution in [3.63, 3.8) is 0 Å². The van der Waals surface area contributed by atoms with Crippen LogP contribution in [0.15, 0.2) is 18.3 Å². The van der Waals surface area contributed by atoms with Crippen LogP contribution in [0.2, 0.25) is 0 Å². The Kier molecular flexibility index (Phi) is 3.25. The largest absolute Gasteiger partial charge is 0.386 e. The third-order valence-electron chi connectivity index (χ3n) is 3.78. The van der Waals surface area contributed by atoms with Crippen LogP contribution in [0.3, 0.4) is 0 Å². The number of likely N-dealkylation sites (tertiary alicyclic amines) is 1. The molecule has 0 aromatic carbocycles. The first kappa shape index (κ1) is 13.2. The number of carbonyl (C=O) groups is 1. The molecule has 0 aliphatic carbocycles. The van der Waals surface area contributed by atoms with Crippen molar-refractivity contribution in [1.82, 2.24) is 9.88 Å². The molecule has 2 aliphatic heterocycles. The van der Waals surface area contributed by atoms with Crippen LogP contribution < -0.4 is 10.2 Å². The Morgan fingerprint density at radius 3 is 2.75 bits per heavy atom. The number of aliphatic hydroxyl groups is 1. The SMILES string of the molecule is CC1(O)CN(C(=O)Nc2cccnc2N2CCCC2)C1. The van der Waals surface area contributed by atoms with Crippen molar-refractivity contribution < 1.29 is 9.90 Å². The summed E-state index contributed by atoms with van der Waals surface area (Å²) in [5.74, 6) is 0.839. The van der Waals surface area contributed by atoms with E-state index in [1.165, 1.54) is 12.8 Å². The van der Waals surface area contributed by atoms with Crippen LogP contribution in [0, 0.1) is 0 Å². The Bertz CT molecular complexity index is 504. The van der Waals surface area contributed by atoms with Gasteiger partial charge in [-0.15, -0.1) is 0 Å². The molecule has 3 rings (SSSR count). The summed E-state index contributed by atoms with van der Waals surface area (Å²) in [7, 11) is 0. The van der Waals surface area contributed by atoms with E-state index in [4.69, 9.17) is 0 Å². The monoisotopic (exact) mass is 276 g/mol. The third-order valence-corrected chi connectivity index (χ3v) is 3.78. The number of pyridine rings is 1. The Labute approximate surface area is 118 Å². The Morgan fingerprint density at radius 1 is 1.40 bits per heavy atom. The molecule has 2 fully saturated rings. The van der Waals surface area contributed by atoms with Crippen molar-refractivity contribution in [3.05, 3.63) is 18.3 Å². The van der Waals surface area contributed by atoms with Crippen molar-refractivity contribution in [3.8, 4) is 0 Å². The highest BCUT2D eigenvalue weighted by atomic mass is 16.3. The number of hydrogen-bond acceptors (Lipinski definition) is 4. The van der Waals surface area contributed by atoms with Gasteiger partial charge in [0.25, 0.3) is 0 Å². The van der Waals surface area contributed by atoms with E-state index in [0.29, 0.717) is 13.1 Å². The van der Waals surface area contributed by atoms with Gasteiger partial charge >= 0.3 is 6.03 Å². The number of nitrogens with zero attached hydrogens (tertiary/aromatic N) is 3. The highest BCUT2D eigenvalue weighted by Gasteiger charge is 2.39. The third kappa shape index (κ3) is 2.56. The number of β-amino-alcohol motifs (C(OH)–C–C–N with tert-alkyl or cyclic N) is 1. The van der Waals surface area contributed by atoms with Crippen LogP contribution >= 0.6 is 0 Å². The summed E-state index contributed by atoms with van der Waals surface area (Å²) < 4.78 is 0. The molecule has 108 valence electrons. The number of hydrogen-bond donors (Lipinski definition) is 2. The zero-order valence-corrected chi connectivity index (χ0v) is 11.7. The van der Waals surface area contributed by atoms with Gasteiger partial charge in [0.2, 0.25) is 0 Å². The van der Waals surface area contributed by atoms with E-state index >= 15 is 0 Å². The lowest BCUT2D eigenvalue weighted by Crippen LogP contribution is -2.62. The van der Waals surface area contributed by atoms with Crippen LogP contribution in [0.5, 0.6) is 0 Å². The molecule has 0 spiro atoms. The molecule has 2 amide bonds. The molecular weight excluding hydrogens is 256 g/mol. The summed E-state index contributed by atoms with van der Waals surface area (Å²) in [6, 6.07) is 3.52. The molecule has 0 bridgehead atoms. The number of amides is 2. The molecule has 3 heterocycles. The van der Waals surface area contributed by atoms with Gasteiger partial charge in [-0.1, -0.05) is 0 Å². The van der Waals surface area contributed by atoms with Crippen LogP contribution in [0.1, 0.15) is 19.8 Å². The van der Waals surface area contributed by atoms with Gasteiger partial charge in [0.05, 0.1) is 24.4 Å². The van der Waals surface area contributed by atoms with E-state index < -0.39 is 5.60 Å². The highest BCUT2D eigenvalue weighted by molar-refractivity contribution is 5.93. The van der Waals surface area contributed by atoms with Crippen molar-refractivity contribution in [1.29, 1.82) is 0 Å². The minimum Gasteiger partial charge on any atom is -0.386 e. The minimum atomic E-state index is -0.746. The maximum atomic E-state index is 12.1. The summed E-state index contributed by atoms with van der Waals surface area (Å²) in [4.78, 5) is 20.3. The first-order valence-corrected chi connectivity index (χ1v) is 7.03. The summed E-state index contributed by atoms with van der Waals surface area (Å²) in [6.45, 7) is 4.45. The molecule has 2 N–H and O–H groups in total. The van der Waals surface area contributed by atoms with E-state index in [2.05, 4.69) is 15.2 Å². The molecule has 0 unspecified atom stereocenters. The molecule has 6 heteroatoms. The molecule has 0 saturated carbocycles. The molecule has 1 aromatic heterocycles. The van der Waals surface area contributed by atoms with E-state index in [9.17, 15) is 9.90 Å². The summed E-state index contributed by atoms with van der Waals surface area (Å²) in [5.41, 5.74) is -0.00436. The quantitative estimate of drug-likeness (QED) is 0.854. The second-order valence-corrected chi connectivity index (χ2v) is 5.85. The van der Waals surface area contributed by atoms with Gasteiger partial charge in [-0.2, -0.15) is 0 Å². The second kappa shape index (κ2) is 4.94. The maximum absolute atomic E-state index is 12.1. The van der Waals surface area contributed by atoms with Crippen molar-refractivity contribution in [2.75, 3.05) is 36.4 Å². The summed E-state index contributed by atoms with van der Waals surface area (Å²) >= 11 is 0. The molecule has 2 saturated heterocycles. The van der Waals surface area contributed by atoms with E-state index in [-0.39, 0.29) is 6.03 Å². The fourth-order valence-corrected chi connectivity index (χ4v) is 2.79. The molecule has 2 aliphatic rings. The molecule has 20 heavy (non-hydrogen) atoms. The number of anilines is 2. The van der Waals surface area contributed by atoms with Crippen LogP contribution in [0.4, 0.5) is 16.3 Å². The minimum absolute atomic E-state index is 0.176. The van der Waals surface area contributed by atoms with Crippen LogP contribution in [-0.2, 0) is 0 Å². The number of aromatic nitrogens is 1. The van der Waals surface area contributed by atoms with Gasteiger partial charge in [-0.05, 0) is 31.9 Å². The topological polar surface area (TPSA) is 68.7 Å². The first-order chi connectivity index (χ1) is 9.55. The second-order valence-electron chi connectivity index (χ2n) is 5.85. The van der Waals surface area contributed by atoms with E-state index in [0.717, 1.165) is 24.6 Å². The Balaban J connectivity index is 1.69. The molecular formula is C14H20N4O2. The van der Waals surface area contributed by atoms with Crippen molar-refractivity contribution in [2.24, 2.45) is 0 Å². The number of carbonyl (C=O) groups excluding carboxylic acids is 1. The van der Waals surface area contributed by atoms with Crippen molar-refractivity contribution >= 4 is 17.5 Å². The highest BCUT2D eigenvalue weighted by Crippen LogP contribution is 2.27. The predicted molar refractivity (Wildman–Crippen MR) is 76.9 cm³/mol. The number of urea groups is 1. The van der Waals surface area contributed by atoms with Crippen molar-refractivity contribution in [2.45, 2.75) is 25.4 Å². The van der Waals surface area contributed by atoms with Gasteiger partial charge in [-0.25, -0.2) is 9.78 Å². The molecule has 6 nitrogen and oxygen atoms in total. The molecule has 0 radical (unpaired) electrons. The van der Waals surface area contributed by atoms with Crippen LogP contribution in [0.25, 0.3) is 0 Å². The molecule has 0 atom stereocenters. The predicted octanol–water partition coefficient (Wildman–Crippen LogP) is 1.28. The first-order valence-electron chi connectivity index (χ1n) is 7.03. The average molecular weight is 276 g/mol. The van der Waals surface area contributed by atoms with E-state index in [1.54, 1.807) is 18.0 Å². The normalized spacial score (nSPS) is 20.7. The lowest BCUT2D eigenvalue weighted by molar-refractivity contribution is -0.0581. The molecule has 1 aromatic rings. The van der Waals surface area contributed by atoms with Crippen LogP contribution in [-0.4, -0.2) is 52.8 Å². The van der Waals surface area contributed by atoms with Gasteiger partial charge in [-0.3, -0.25) is 0 Å². The van der Waals surface area contributed by atoms with Gasteiger partial charge < -0.3 is 20.2 Å². The smallest absolute Gasteiger partial charge is 0.322 e. The van der Waals surface area contributed by atoms with Gasteiger partial charge in [0.15, 0.2) is 5.82 Å². The number of rotatable bonds is 2. The maximum Gasteiger partial charge on any atom is 0.322 e. The lowest BCUT2D eigenvalue weighted by Gasteiger charge is -2.43. The lowest BCUT2D eigenvalue weighted by atomic mass is 9.98. The van der Waals surface area contributed by atoms with E-state index in [1.807, 2.05) is 12.1 Å². The fourth-order valence-electron chi connectivity index (χ4n) is 2.79.